The number of halogens is 2. The van der Waals surface area contributed by atoms with Crippen molar-refractivity contribution in [2.45, 2.75) is 31.6 Å². The van der Waals surface area contributed by atoms with Crippen LogP contribution in [0, 0.1) is 10.1 Å². The van der Waals surface area contributed by atoms with Crippen molar-refractivity contribution in [3.05, 3.63) is 79.5 Å². The molecule has 1 heterocycles. The first-order valence-electron chi connectivity index (χ1n) is 9.16. The van der Waals surface area contributed by atoms with E-state index >= 15 is 0 Å². The first-order valence-corrected chi connectivity index (χ1v) is 9.91. The van der Waals surface area contributed by atoms with Crippen LogP contribution in [0.15, 0.2) is 53.7 Å². The molecule has 1 unspecified atom stereocenters. The highest BCUT2D eigenvalue weighted by atomic mass is 35.5. The molecule has 0 aromatic heterocycles. The predicted octanol–water partition coefficient (Wildman–Crippen LogP) is 5.43. The molecule has 1 aliphatic heterocycles. The molecule has 1 amide bonds. The van der Waals surface area contributed by atoms with E-state index in [9.17, 15) is 19.7 Å². The smallest absolute Gasteiger partial charge is 0.271 e. The second kappa shape index (κ2) is 7.61. The van der Waals surface area contributed by atoms with Crippen molar-refractivity contribution in [2.75, 3.05) is 4.90 Å². The van der Waals surface area contributed by atoms with E-state index in [-0.39, 0.29) is 28.8 Å². The Morgan fingerprint density at radius 2 is 1.79 bits per heavy atom. The van der Waals surface area contributed by atoms with E-state index in [0.29, 0.717) is 41.2 Å². The minimum absolute atomic E-state index is 0.00768. The van der Waals surface area contributed by atoms with Gasteiger partial charge in [0, 0.05) is 47.2 Å². The third-order valence-corrected chi connectivity index (χ3v) is 5.99. The van der Waals surface area contributed by atoms with Crippen LogP contribution < -0.4 is 4.90 Å². The summed E-state index contributed by atoms with van der Waals surface area (Å²) in [5.41, 5.74) is 2.13. The highest BCUT2D eigenvalue weighted by Gasteiger charge is 2.40. The number of amides is 1. The van der Waals surface area contributed by atoms with Crippen LogP contribution in [0.3, 0.4) is 0 Å². The van der Waals surface area contributed by atoms with Gasteiger partial charge in [0.2, 0.25) is 5.91 Å². The van der Waals surface area contributed by atoms with Gasteiger partial charge in [0.25, 0.3) is 5.69 Å². The number of nitrogens with zero attached hydrogens (tertiary/aromatic N) is 2. The Labute approximate surface area is 176 Å². The lowest BCUT2D eigenvalue weighted by atomic mass is 9.77. The highest BCUT2D eigenvalue weighted by molar-refractivity contribution is 6.34. The standard InChI is InChI=1S/C21H16Cl2N2O4/c22-15-5-2-1-4-13(15)14-11-20(27)24(18-6-3-7-19(26)21(14)18)17-9-8-12(25(28)29)10-16(17)23/h1-2,4-5,8-10,14H,3,6-7,11H2. The summed E-state index contributed by atoms with van der Waals surface area (Å²) in [5.74, 6) is -0.641. The summed E-state index contributed by atoms with van der Waals surface area (Å²) in [6.45, 7) is 0. The molecule has 0 fully saturated rings. The van der Waals surface area contributed by atoms with Gasteiger partial charge < -0.3 is 0 Å². The number of benzene rings is 2. The van der Waals surface area contributed by atoms with Crippen molar-refractivity contribution in [3.8, 4) is 0 Å². The van der Waals surface area contributed by atoms with E-state index < -0.39 is 10.8 Å². The number of carbonyl (C=O) groups excluding carboxylic acids is 2. The van der Waals surface area contributed by atoms with Gasteiger partial charge in [-0.2, -0.15) is 0 Å². The molecule has 29 heavy (non-hydrogen) atoms. The number of non-ortho nitro benzene ring substituents is 1. The minimum Gasteiger partial charge on any atom is -0.294 e. The molecule has 0 bridgehead atoms. The molecular weight excluding hydrogens is 415 g/mol. The summed E-state index contributed by atoms with van der Waals surface area (Å²) in [5, 5.41) is 11.6. The van der Waals surface area contributed by atoms with E-state index in [1.165, 1.54) is 23.1 Å². The van der Waals surface area contributed by atoms with Gasteiger partial charge >= 0.3 is 0 Å². The summed E-state index contributed by atoms with van der Waals surface area (Å²) in [6, 6.07) is 11.2. The summed E-state index contributed by atoms with van der Waals surface area (Å²) in [6.07, 6.45) is 1.65. The molecule has 0 radical (unpaired) electrons. The Balaban J connectivity index is 1.87. The Morgan fingerprint density at radius 3 is 2.48 bits per heavy atom. The Hall–Kier alpha value is -2.70. The number of nitro benzene ring substituents is 1. The molecule has 2 aromatic rings. The van der Waals surface area contributed by atoms with Crippen LogP contribution in [0.25, 0.3) is 0 Å². The van der Waals surface area contributed by atoms with Gasteiger partial charge in [0.15, 0.2) is 5.78 Å². The molecule has 0 saturated carbocycles. The molecule has 0 N–H and O–H groups in total. The van der Waals surface area contributed by atoms with Gasteiger partial charge in [-0.25, -0.2) is 0 Å². The first-order chi connectivity index (χ1) is 13.9. The van der Waals surface area contributed by atoms with Crippen LogP contribution >= 0.6 is 23.2 Å². The summed E-state index contributed by atoms with van der Waals surface area (Å²) in [7, 11) is 0. The number of nitro groups is 1. The van der Waals surface area contributed by atoms with Crippen LogP contribution in [0.2, 0.25) is 10.0 Å². The first kappa shape index (κ1) is 19.6. The predicted molar refractivity (Wildman–Crippen MR) is 110 cm³/mol. The van der Waals surface area contributed by atoms with Crippen LogP contribution in [0.1, 0.15) is 37.2 Å². The van der Waals surface area contributed by atoms with Crippen molar-refractivity contribution >= 4 is 46.3 Å². The van der Waals surface area contributed by atoms with E-state index in [4.69, 9.17) is 23.2 Å². The average Bonchev–Trinajstić information content (AvgIpc) is 2.68. The van der Waals surface area contributed by atoms with Gasteiger partial charge in [-0.1, -0.05) is 41.4 Å². The SMILES string of the molecule is O=C1CCCC2=C1C(c1ccccc1Cl)CC(=O)N2c1ccc([N+](=O)[O-])cc1Cl. The zero-order chi connectivity index (χ0) is 20.7. The zero-order valence-electron chi connectivity index (χ0n) is 15.2. The van der Waals surface area contributed by atoms with Gasteiger partial charge in [0.1, 0.15) is 0 Å². The largest absolute Gasteiger partial charge is 0.294 e. The maximum Gasteiger partial charge on any atom is 0.271 e. The number of carbonyl (C=O) groups is 2. The highest BCUT2D eigenvalue weighted by Crippen LogP contribution is 2.46. The third-order valence-electron chi connectivity index (χ3n) is 5.34. The maximum absolute atomic E-state index is 13.2. The molecule has 1 aliphatic carbocycles. The average molecular weight is 431 g/mol. The number of hydrogen-bond acceptors (Lipinski definition) is 4. The fourth-order valence-electron chi connectivity index (χ4n) is 4.09. The number of rotatable bonds is 3. The molecule has 4 rings (SSSR count). The van der Waals surface area contributed by atoms with Crippen molar-refractivity contribution in [1.82, 2.24) is 0 Å². The lowest BCUT2D eigenvalue weighted by molar-refractivity contribution is -0.384. The molecule has 8 heteroatoms. The zero-order valence-corrected chi connectivity index (χ0v) is 16.7. The van der Waals surface area contributed by atoms with Crippen molar-refractivity contribution < 1.29 is 14.5 Å². The second-order valence-electron chi connectivity index (χ2n) is 7.04. The molecule has 2 aromatic carbocycles. The number of Topliss-reactive ketones (excluding diaryl/α,β-unsaturated/α-hetero) is 1. The summed E-state index contributed by atoms with van der Waals surface area (Å²) >= 11 is 12.7. The van der Waals surface area contributed by atoms with E-state index in [2.05, 4.69) is 0 Å². The fourth-order valence-corrected chi connectivity index (χ4v) is 4.61. The molecule has 2 aliphatic rings. The minimum atomic E-state index is -0.546. The fraction of sp³-hybridized carbons (Fsp3) is 0.238. The lowest BCUT2D eigenvalue weighted by Crippen LogP contribution is -2.40. The molecule has 0 saturated heterocycles. The van der Waals surface area contributed by atoms with Crippen LogP contribution in [-0.4, -0.2) is 16.6 Å². The number of anilines is 1. The lowest BCUT2D eigenvalue weighted by Gasteiger charge is -2.38. The molecular formula is C21H16Cl2N2O4. The summed E-state index contributed by atoms with van der Waals surface area (Å²) < 4.78 is 0. The summed E-state index contributed by atoms with van der Waals surface area (Å²) in [4.78, 5) is 38.0. The van der Waals surface area contributed by atoms with E-state index in [1.807, 2.05) is 12.1 Å². The second-order valence-corrected chi connectivity index (χ2v) is 7.85. The normalized spacial score (nSPS) is 19.4. The number of ketones is 1. The van der Waals surface area contributed by atoms with Gasteiger partial charge in [-0.15, -0.1) is 0 Å². The van der Waals surface area contributed by atoms with E-state index in [1.54, 1.807) is 12.1 Å². The van der Waals surface area contributed by atoms with Crippen molar-refractivity contribution in [1.29, 1.82) is 0 Å². The topological polar surface area (TPSA) is 80.5 Å². The van der Waals surface area contributed by atoms with Crippen molar-refractivity contribution in [2.24, 2.45) is 0 Å². The monoisotopic (exact) mass is 430 g/mol. The van der Waals surface area contributed by atoms with E-state index in [0.717, 1.165) is 5.56 Å². The Kier molecular flexibility index (Phi) is 5.15. The van der Waals surface area contributed by atoms with Crippen LogP contribution in [-0.2, 0) is 9.59 Å². The number of hydrogen-bond donors (Lipinski definition) is 0. The maximum atomic E-state index is 13.2. The van der Waals surface area contributed by atoms with Crippen LogP contribution in [0.5, 0.6) is 0 Å². The van der Waals surface area contributed by atoms with Gasteiger partial charge in [-0.3, -0.25) is 24.6 Å². The van der Waals surface area contributed by atoms with Crippen molar-refractivity contribution in [3.63, 3.8) is 0 Å². The quantitative estimate of drug-likeness (QED) is 0.480. The molecule has 0 spiro atoms. The third kappa shape index (κ3) is 3.43. The number of allylic oxidation sites excluding steroid dienone is 2. The van der Waals surface area contributed by atoms with Crippen LogP contribution in [0.4, 0.5) is 11.4 Å². The Bertz CT molecular complexity index is 1080. The molecule has 6 nitrogen and oxygen atoms in total. The van der Waals surface area contributed by atoms with Gasteiger partial charge in [0.05, 0.1) is 15.6 Å². The Morgan fingerprint density at radius 1 is 1.03 bits per heavy atom. The van der Waals surface area contributed by atoms with Gasteiger partial charge in [-0.05, 0) is 30.5 Å². The molecule has 1 atom stereocenters. The molecule has 148 valence electrons.